The van der Waals surface area contributed by atoms with Crippen LogP contribution in [0, 0.1) is 5.82 Å². The molecule has 0 bridgehead atoms. The molecule has 0 aliphatic heterocycles. The zero-order valence-electron chi connectivity index (χ0n) is 13.7. The summed E-state index contributed by atoms with van der Waals surface area (Å²) in [7, 11) is 0. The Morgan fingerprint density at radius 1 is 1.33 bits per heavy atom. The molecule has 1 aromatic carbocycles. The highest BCUT2D eigenvalue weighted by Crippen LogP contribution is 2.26. The van der Waals surface area contributed by atoms with Gasteiger partial charge in [0, 0.05) is 17.5 Å². The first-order valence-electron chi connectivity index (χ1n) is 8.05. The van der Waals surface area contributed by atoms with E-state index in [1.54, 1.807) is 18.3 Å². The quantitative estimate of drug-likeness (QED) is 0.836. The van der Waals surface area contributed by atoms with Gasteiger partial charge in [-0.15, -0.1) is 0 Å². The molecule has 1 aliphatic carbocycles. The number of fused-ring (bicyclic) bond motifs is 1. The second-order valence-electron chi connectivity index (χ2n) is 6.04. The van der Waals surface area contributed by atoms with Crippen LogP contribution in [-0.2, 0) is 11.3 Å². The Balaban J connectivity index is 1.90. The molecule has 6 heteroatoms. The molecule has 0 saturated carbocycles. The van der Waals surface area contributed by atoms with Gasteiger partial charge in [-0.25, -0.2) is 4.39 Å². The van der Waals surface area contributed by atoms with E-state index in [9.17, 15) is 9.18 Å². The predicted octanol–water partition coefficient (Wildman–Crippen LogP) is 3.87. The normalized spacial score (nSPS) is 15.4. The Hall–Kier alpha value is -2.63. The summed E-state index contributed by atoms with van der Waals surface area (Å²) in [5.74, 6) is -0.830. The maximum atomic E-state index is 13.8. The minimum absolute atomic E-state index is 0.0301. The molecule has 0 atom stereocenters. The van der Waals surface area contributed by atoms with Crippen LogP contribution in [0.5, 0.6) is 0 Å². The van der Waals surface area contributed by atoms with Crippen LogP contribution < -0.4 is 5.32 Å². The number of halogens is 1. The van der Waals surface area contributed by atoms with E-state index in [1.165, 1.54) is 12.1 Å². The Morgan fingerprint density at radius 2 is 2.12 bits per heavy atom. The molecule has 5 nitrogen and oxygen atoms in total. The van der Waals surface area contributed by atoms with Gasteiger partial charge in [0.05, 0.1) is 17.0 Å². The lowest BCUT2D eigenvalue weighted by molar-refractivity contribution is 0.0855. The van der Waals surface area contributed by atoms with Crippen LogP contribution >= 0.6 is 0 Å². The van der Waals surface area contributed by atoms with Crippen molar-refractivity contribution in [2.45, 2.75) is 39.2 Å². The van der Waals surface area contributed by atoms with Crippen molar-refractivity contribution in [3.05, 3.63) is 53.1 Å². The van der Waals surface area contributed by atoms with E-state index in [0.717, 1.165) is 36.2 Å². The first-order valence-corrected chi connectivity index (χ1v) is 8.05. The molecule has 126 valence electrons. The third kappa shape index (κ3) is 3.32. The standard InChI is InChI=1S/C18H20FN3O2/c1-11(2)24-22-16-9-5-8-15-17(16)12(10-20-15)18(23)21-14-7-4-3-6-13(14)19/h3-4,6-7,10-11,20H,5,8-9H2,1-2H3,(H,21,23)/b22-16+. The fraction of sp³-hybridized carbons (Fsp3) is 0.333. The fourth-order valence-corrected chi connectivity index (χ4v) is 2.74. The van der Waals surface area contributed by atoms with Gasteiger partial charge in [0.25, 0.3) is 5.91 Å². The van der Waals surface area contributed by atoms with Crippen LogP contribution in [0.3, 0.4) is 0 Å². The molecule has 3 rings (SSSR count). The minimum Gasteiger partial charge on any atom is -0.393 e. The smallest absolute Gasteiger partial charge is 0.257 e. The predicted molar refractivity (Wildman–Crippen MR) is 90.8 cm³/mol. The molecule has 1 aliphatic rings. The molecule has 2 aromatic rings. The molecule has 1 amide bonds. The van der Waals surface area contributed by atoms with Crippen LogP contribution in [0.1, 0.15) is 48.3 Å². The number of amides is 1. The summed E-state index contributed by atoms with van der Waals surface area (Å²) in [5, 5.41) is 6.82. The third-order valence-electron chi connectivity index (χ3n) is 3.83. The second kappa shape index (κ2) is 6.86. The number of H-pyrrole nitrogens is 1. The lowest BCUT2D eigenvalue weighted by Crippen LogP contribution is -2.19. The number of rotatable bonds is 4. The number of anilines is 1. The van der Waals surface area contributed by atoms with Crippen LogP contribution in [0.25, 0.3) is 0 Å². The monoisotopic (exact) mass is 329 g/mol. The summed E-state index contributed by atoms with van der Waals surface area (Å²) in [6.07, 6.45) is 4.16. The lowest BCUT2D eigenvalue weighted by Gasteiger charge is -2.16. The molecule has 0 fully saturated rings. The Labute approximate surface area is 139 Å². The van der Waals surface area contributed by atoms with E-state index in [2.05, 4.69) is 15.5 Å². The maximum absolute atomic E-state index is 13.8. The molecule has 0 spiro atoms. The van der Waals surface area contributed by atoms with Crippen molar-refractivity contribution in [3.63, 3.8) is 0 Å². The SMILES string of the molecule is CC(C)O/N=C1\CCCc2[nH]cc(C(=O)Nc3ccccc3F)c21. The molecule has 0 saturated heterocycles. The van der Waals surface area contributed by atoms with Crippen LogP contribution in [-0.4, -0.2) is 22.7 Å². The molecule has 0 unspecified atom stereocenters. The molecular weight excluding hydrogens is 309 g/mol. The molecule has 1 aromatic heterocycles. The zero-order chi connectivity index (χ0) is 17.1. The lowest BCUT2D eigenvalue weighted by atomic mass is 9.93. The van der Waals surface area contributed by atoms with Crippen molar-refractivity contribution in [1.82, 2.24) is 4.98 Å². The number of benzene rings is 1. The number of oxime groups is 1. The number of carbonyl (C=O) groups is 1. The van der Waals surface area contributed by atoms with Crippen molar-refractivity contribution in [3.8, 4) is 0 Å². The van der Waals surface area contributed by atoms with Gasteiger partial charge in [0.2, 0.25) is 0 Å². The molecule has 24 heavy (non-hydrogen) atoms. The average Bonchev–Trinajstić information content (AvgIpc) is 2.99. The van der Waals surface area contributed by atoms with E-state index >= 15 is 0 Å². The highest BCUT2D eigenvalue weighted by atomic mass is 19.1. The third-order valence-corrected chi connectivity index (χ3v) is 3.83. The highest BCUT2D eigenvalue weighted by molar-refractivity contribution is 6.15. The number of hydrogen-bond donors (Lipinski definition) is 2. The summed E-state index contributed by atoms with van der Waals surface area (Å²) < 4.78 is 13.8. The van der Waals surface area contributed by atoms with Gasteiger partial charge in [-0.1, -0.05) is 17.3 Å². The average molecular weight is 329 g/mol. The summed E-state index contributed by atoms with van der Waals surface area (Å²) in [6.45, 7) is 3.80. The maximum Gasteiger partial charge on any atom is 0.257 e. The van der Waals surface area contributed by atoms with E-state index in [0.29, 0.717) is 5.56 Å². The first-order chi connectivity index (χ1) is 11.6. The number of aryl methyl sites for hydroxylation is 1. The van der Waals surface area contributed by atoms with Crippen LogP contribution in [0.2, 0.25) is 0 Å². The second-order valence-corrected chi connectivity index (χ2v) is 6.04. The van der Waals surface area contributed by atoms with E-state index in [-0.39, 0.29) is 17.7 Å². The Kier molecular flexibility index (Phi) is 4.64. The van der Waals surface area contributed by atoms with Crippen molar-refractivity contribution < 1.29 is 14.0 Å². The summed E-state index contributed by atoms with van der Waals surface area (Å²) in [6, 6.07) is 6.10. The van der Waals surface area contributed by atoms with E-state index in [4.69, 9.17) is 4.84 Å². The van der Waals surface area contributed by atoms with Crippen molar-refractivity contribution >= 4 is 17.3 Å². The van der Waals surface area contributed by atoms with Crippen molar-refractivity contribution in [2.75, 3.05) is 5.32 Å². The van der Waals surface area contributed by atoms with Crippen molar-refractivity contribution in [1.29, 1.82) is 0 Å². The van der Waals surface area contributed by atoms with Gasteiger partial charge < -0.3 is 15.1 Å². The topological polar surface area (TPSA) is 66.5 Å². The largest absolute Gasteiger partial charge is 0.393 e. The summed E-state index contributed by atoms with van der Waals surface area (Å²) >= 11 is 0. The number of nitrogens with zero attached hydrogens (tertiary/aromatic N) is 1. The zero-order valence-corrected chi connectivity index (χ0v) is 13.7. The van der Waals surface area contributed by atoms with Gasteiger partial charge >= 0.3 is 0 Å². The van der Waals surface area contributed by atoms with Gasteiger partial charge in [0.15, 0.2) is 0 Å². The van der Waals surface area contributed by atoms with Crippen LogP contribution in [0.4, 0.5) is 10.1 Å². The van der Waals surface area contributed by atoms with Gasteiger partial charge in [-0.2, -0.15) is 0 Å². The van der Waals surface area contributed by atoms with Crippen LogP contribution in [0.15, 0.2) is 35.6 Å². The highest BCUT2D eigenvalue weighted by Gasteiger charge is 2.25. The minimum atomic E-state index is -0.465. The summed E-state index contributed by atoms with van der Waals surface area (Å²) in [4.78, 5) is 21.1. The number of nitrogens with one attached hydrogen (secondary N) is 2. The van der Waals surface area contributed by atoms with Gasteiger partial charge in [-0.3, -0.25) is 4.79 Å². The van der Waals surface area contributed by atoms with Gasteiger partial charge in [0.1, 0.15) is 11.9 Å². The van der Waals surface area contributed by atoms with E-state index < -0.39 is 5.82 Å². The Morgan fingerprint density at radius 3 is 2.88 bits per heavy atom. The molecule has 0 radical (unpaired) electrons. The molecular formula is C18H20FN3O2. The number of aromatic nitrogens is 1. The van der Waals surface area contributed by atoms with E-state index in [1.807, 2.05) is 13.8 Å². The first kappa shape index (κ1) is 16.2. The van der Waals surface area contributed by atoms with Gasteiger partial charge in [-0.05, 0) is 45.2 Å². The fourth-order valence-electron chi connectivity index (χ4n) is 2.74. The Bertz CT molecular complexity index is 780. The number of carbonyl (C=O) groups excluding carboxylic acids is 1. The van der Waals surface area contributed by atoms with Crippen molar-refractivity contribution in [2.24, 2.45) is 5.16 Å². The molecule has 2 N–H and O–H groups in total. The molecule has 1 heterocycles. The number of hydrogen-bond acceptors (Lipinski definition) is 3. The summed E-state index contributed by atoms with van der Waals surface area (Å²) in [5.41, 5.74) is 3.11. The number of aromatic amines is 1. The number of para-hydroxylation sites is 1.